The SMILES string of the molecule is CCCCC(NC)C(=O)C(=O)NC. The molecule has 0 rings (SSSR count). The van der Waals surface area contributed by atoms with E-state index in [0.717, 1.165) is 19.3 Å². The van der Waals surface area contributed by atoms with Crippen LogP contribution < -0.4 is 10.6 Å². The van der Waals surface area contributed by atoms with E-state index in [1.807, 2.05) is 0 Å². The van der Waals surface area contributed by atoms with E-state index in [2.05, 4.69) is 17.6 Å². The maximum atomic E-state index is 11.3. The first-order chi connectivity index (χ1) is 6.17. The number of carbonyl (C=O) groups excluding carboxylic acids is 2. The van der Waals surface area contributed by atoms with Crippen LogP contribution in [0.4, 0.5) is 0 Å². The zero-order chi connectivity index (χ0) is 10.3. The van der Waals surface area contributed by atoms with Crippen molar-refractivity contribution in [2.45, 2.75) is 32.2 Å². The Bertz CT molecular complexity index is 180. The Balaban J connectivity index is 4.06. The highest BCUT2D eigenvalue weighted by atomic mass is 16.2. The molecule has 2 N–H and O–H groups in total. The molecule has 0 heterocycles. The van der Waals surface area contributed by atoms with Crippen LogP contribution in [0.25, 0.3) is 0 Å². The number of hydrogen-bond acceptors (Lipinski definition) is 3. The topological polar surface area (TPSA) is 58.2 Å². The van der Waals surface area contributed by atoms with Gasteiger partial charge in [-0.05, 0) is 13.5 Å². The third kappa shape index (κ3) is 4.03. The lowest BCUT2D eigenvalue weighted by molar-refractivity contribution is -0.138. The summed E-state index contributed by atoms with van der Waals surface area (Å²) in [5.74, 6) is -0.895. The molecule has 0 saturated carbocycles. The van der Waals surface area contributed by atoms with Crippen molar-refractivity contribution in [2.75, 3.05) is 14.1 Å². The molecule has 0 aromatic carbocycles. The molecule has 0 aliphatic carbocycles. The fourth-order valence-corrected chi connectivity index (χ4v) is 1.10. The minimum Gasteiger partial charge on any atom is -0.353 e. The molecular formula is C9H18N2O2. The Kier molecular flexibility index (Phi) is 6.14. The molecule has 1 unspecified atom stereocenters. The predicted octanol–water partition coefficient (Wildman–Crippen LogP) is 0.0797. The minimum atomic E-state index is -0.518. The quantitative estimate of drug-likeness (QED) is 0.578. The standard InChI is InChI=1S/C9H18N2O2/c1-4-5-6-7(10-2)8(12)9(13)11-3/h7,10H,4-6H2,1-3H3,(H,11,13). The van der Waals surface area contributed by atoms with Gasteiger partial charge in [-0.15, -0.1) is 0 Å². The van der Waals surface area contributed by atoms with Gasteiger partial charge in [0.1, 0.15) is 0 Å². The average Bonchev–Trinajstić information content (AvgIpc) is 2.17. The summed E-state index contributed by atoms with van der Waals surface area (Å²) in [5.41, 5.74) is 0. The zero-order valence-electron chi connectivity index (χ0n) is 8.52. The summed E-state index contributed by atoms with van der Waals surface area (Å²) in [6.45, 7) is 2.05. The van der Waals surface area contributed by atoms with Crippen LogP contribution in [0.5, 0.6) is 0 Å². The van der Waals surface area contributed by atoms with E-state index < -0.39 is 5.91 Å². The fourth-order valence-electron chi connectivity index (χ4n) is 1.10. The Hall–Kier alpha value is -0.900. The van der Waals surface area contributed by atoms with E-state index >= 15 is 0 Å². The molecule has 0 fully saturated rings. The van der Waals surface area contributed by atoms with Crippen LogP contribution in [0.2, 0.25) is 0 Å². The predicted molar refractivity (Wildman–Crippen MR) is 51.4 cm³/mol. The molecule has 0 aromatic rings. The second-order valence-corrected chi connectivity index (χ2v) is 2.93. The van der Waals surface area contributed by atoms with E-state index in [9.17, 15) is 9.59 Å². The molecule has 1 atom stereocenters. The van der Waals surface area contributed by atoms with Gasteiger partial charge in [-0.2, -0.15) is 0 Å². The van der Waals surface area contributed by atoms with Crippen molar-refractivity contribution < 1.29 is 9.59 Å². The monoisotopic (exact) mass is 186 g/mol. The van der Waals surface area contributed by atoms with E-state index in [4.69, 9.17) is 0 Å². The lowest BCUT2D eigenvalue weighted by Gasteiger charge is -2.12. The van der Waals surface area contributed by atoms with Crippen molar-refractivity contribution in [1.29, 1.82) is 0 Å². The van der Waals surface area contributed by atoms with Gasteiger partial charge in [0.2, 0.25) is 5.78 Å². The number of hydrogen-bond donors (Lipinski definition) is 2. The number of unbranched alkanes of at least 4 members (excludes halogenated alkanes) is 1. The molecule has 76 valence electrons. The van der Waals surface area contributed by atoms with Gasteiger partial charge in [0.15, 0.2) is 0 Å². The van der Waals surface area contributed by atoms with Gasteiger partial charge in [-0.3, -0.25) is 9.59 Å². The highest BCUT2D eigenvalue weighted by Crippen LogP contribution is 2.01. The van der Waals surface area contributed by atoms with Gasteiger partial charge >= 0.3 is 0 Å². The molecule has 13 heavy (non-hydrogen) atoms. The van der Waals surface area contributed by atoms with E-state index in [0.29, 0.717) is 0 Å². The van der Waals surface area contributed by atoms with Gasteiger partial charge in [0, 0.05) is 7.05 Å². The number of ketones is 1. The molecular weight excluding hydrogens is 168 g/mol. The summed E-state index contributed by atoms with van der Waals surface area (Å²) in [5, 5.41) is 5.17. The number of rotatable bonds is 6. The van der Waals surface area contributed by atoms with Crippen LogP contribution in [0, 0.1) is 0 Å². The van der Waals surface area contributed by atoms with Crippen molar-refractivity contribution in [1.82, 2.24) is 10.6 Å². The molecule has 0 aliphatic rings. The summed E-state index contributed by atoms with van der Waals surface area (Å²) in [6.07, 6.45) is 2.70. The lowest BCUT2D eigenvalue weighted by atomic mass is 10.1. The van der Waals surface area contributed by atoms with Crippen LogP contribution in [0.1, 0.15) is 26.2 Å². The smallest absolute Gasteiger partial charge is 0.288 e. The lowest BCUT2D eigenvalue weighted by Crippen LogP contribution is -2.42. The zero-order valence-corrected chi connectivity index (χ0v) is 8.52. The van der Waals surface area contributed by atoms with E-state index in [-0.39, 0.29) is 11.8 Å². The van der Waals surface area contributed by atoms with Crippen molar-refractivity contribution in [3.05, 3.63) is 0 Å². The van der Waals surface area contributed by atoms with Gasteiger partial charge < -0.3 is 10.6 Å². The van der Waals surface area contributed by atoms with Gasteiger partial charge in [0.25, 0.3) is 5.91 Å². The summed E-state index contributed by atoms with van der Waals surface area (Å²) < 4.78 is 0. The first kappa shape index (κ1) is 12.1. The van der Waals surface area contributed by atoms with Crippen LogP contribution in [0.15, 0.2) is 0 Å². The van der Waals surface area contributed by atoms with E-state index in [1.165, 1.54) is 7.05 Å². The first-order valence-corrected chi connectivity index (χ1v) is 4.60. The van der Waals surface area contributed by atoms with Crippen molar-refractivity contribution >= 4 is 11.7 Å². The normalized spacial score (nSPS) is 12.2. The minimum absolute atomic E-state index is 0.333. The van der Waals surface area contributed by atoms with Crippen molar-refractivity contribution in [3.63, 3.8) is 0 Å². The number of likely N-dealkylation sites (N-methyl/N-ethyl adjacent to an activating group) is 2. The van der Waals surface area contributed by atoms with E-state index in [1.54, 1.807) is 7.05 Å². The molecule has 1 amide bonds. The maximum absolute atomic E-state index is 11.3. The molecule has 4 nitrogen and oxygen atoms in total. The maximum Gasteiger partial charge on any atom is 0.288 e. The van der Waals surface area contributed by atoms with Crippen LogP contribution in [-0.2, 0) is 9.59 Å². The third-order valence-corrected chi connectivity index (χ3v) is 1.96. The Morgan fingerprint density at radius 2 is 1.92 bits per heavy atom. The molecule has 0 spiro atoms. The second-order valence-electron chi connectivity index (χ2n) is 2.93. The fraction of sp³-hybridized carbons (Fsp3) is 0.778. The summed E-state index contributed by atoms with van der Waals surface area (Å²) in [7, 11) is 3.16. The molecule has 0 bridgehead atoms. The highest BCUT2D eigenvalue weighted by Gasteiger charge is 2.21. The summed E-state index contributed by atoms with van der Waals surface area (Å²) in [6, 6.07) is -0.333. The number of nitrogens with one attached hydrogen (secondary N) is 2. The number of carbonyl (C=O) groups is 2. The van der Waals surface area contributed by atoms with Gasteiger partial charge in [0.05, 0.1) is 6.04 Å². The molecule has 0 aliphatic heterocycles. The van der Waals surface area contributed by atoms with Gasteiger partial charge in [-0.1, -0.05) is 19.8 Å². The molecule has 4 heteroatoms. The second kappa shape index (κ2) is 6.60. The van der Waals surface area contributed by atoms with Crippen molar-refractivity contribution in [2.24, 2.45) is 0 Å². The Labute approximate surface area is 79.1 Å². The first-order valence-electron chi connectivity index (χ1n) is 4.60. The molecule has 0 saturated heterocycles. The number of amides is 1. The van der Waals surface area contributed by atoms with Crippen molar-refractivity contribution in [3.8, 4) is 0 Å². The average molecular weight is 186 g/mol. The Morgan fingerprint density at radius 3 is 2.31 bits per heavy atom. The van der Waals surface area contributed by atoms with Gasteiger partial charge in [-0.25, -0.2) is 0 Å². The molecule has 0 aromatic heterocycles. The highest BCUT2D eigenvalue weighted by molar-refractivity contribution is 6.38. The van der Waals surface area contributed by atoms with Crippen LogP contribution in [0.3, 0.4) is 0 Å². The summed E-state index contributed by atoms with van der Waals surface area (Å²) >= 11 is 0. The summed E-state index contributed by atoms with van der Waals surface area (Å²) in [4.78, 5) is 22.3. The largest absolute Gasteiger partial charge is 0.353 e. The van der Waals surface area contributed by atoms with Crippen LogP contribution >= 0.6 is 0 Å². The number of Topliss-reactive ketones (excluding diaryl/α,β-unsaturated/α-hetero) is 1. The molecule has 0 radical (unpaired) electrons. The van der Waals surface area contributed by atoms with Crippen LogP contribution in [-0.4, -0.2) is 31.8 Å². The Morgan fingerprint density at radius 1 is 1.31 bits per heavy atom. The third-order valence-electron chi connectivity index (χ3n) is 1.96.